The first-order valence-electron chi connectivity index (χ1n) is 3.80. The summed E-state index contributed by atoms with van der Waals surface area (Å²) in [5.41, 5.74) is 3.11. The van der Waals surface area contributed by atoms with Crippen LogP contribution < -0.4 is 0 Å². The summed E-state index contributed by atoms with van der Waals surface area (Å²) in [6.07, 6.45) is 4.21. The molecule has 0 fully saturated rings. The molecule has 0 unspecified atom stereocenters. The molecular formula is C9H11N3. The summed E-state index contributed by atoms with van der Waals surface area (Å²) in [6.45, 7) is 3.90. The minimum Gasteiger partial charge on any atom is -0.282 e. The maximum absolute atomic E-state index is 8.31. The van der Waals surface area contributed by atoms with Crippen molar-refractivity contribution in [2.75, 3.05) is 0 Å². The Hall–Kier alpha value is -1.56. The Labute approximate surface area is 71.7 Å². The molecule has 1 aromatic heterocycles. The normalized spacial score (nSPS) is 10.4. The van der Waals surface area contributed by atoms with Crippen molar-refractivity contribution in [3.05, 3.63) is 23.0 Å². The van der Waals surface area contributed by atoms with E-state index in [0.717, 1.165) is 17.0 Å². The summed E-state index contributed by atoms with van der Waals surface area (Å²) in [4.78, 5) is 0. The lowest BCUT2D eigenvalue weighted by atomic mass is 10.2. The third-order valence-electron chi connectivity index (χ3n) is 1.68. The highest BCUT2D eigenvalue weighted by atomic mass is 15.1. The Morgan fingerprint density at radius 1 is 1.58 bits per heavy atom. The Morgan fingerprint density at radius 3 is 2.83 bits per heavy atom. The maximum Gasteiger partial charge on any atom is 0.0666 e. The van der Waals surface area contributed by atoms with Gasteiger partial charge in [-0.05, 0) is 13.8 Å². The number of hydrogen-bond acceptors (Lipinski definition) is 2. The van der Waals surface area contributed by atoms with E-state index in [9.17, 15) is 0 Å². The van der Waals surface area contributed by atoms with Crippen LogP contribution in [0.5, 0.6) is 0 Å². The zero-order valence-electron chi connectivity index (χ0n) is 7.26. The fourth-order valence-electron chi connectivity index (χ4n) is 1.03. The van der Waals surface area contributed by atoms with Crippen LogP contribution in [0.1, 0.15) is 23.4 Å². The van der Waals surface area contributed by atoms with Gasteiger partial charge in [0.2, 0.25) is 0 Å². The number of rotatable bonds is 2. The Bertz CT molecular complexity index is 309. The fourth-order valence-corrected chi connectivity index (χ4v) is 1.03. The van der Waals surface area contributed by atoms with Crippen LogP contribution in [0, 0.1) is 25.2 Å². The second-order valence-electron chi connectivity index (χ2n) is 2.61. The summed E-state index contributed by atoms with van der Waals surface area (Å²) in [5, 5.41) is 15.2. The lowest BCUT2D eigenvalue weighted by molar-refractivity contribution is 1.02. The van der Waals surface area contributed by atoms with Crippen molar-refractivity contribution in [3.63, 3.8) is 0 Å². The molecule has 1 N–H and O–H groups in total. The standard InChI is InChI=1S/C9H11N3/c1-7-9(5-3-4-6-10)8(2)12-11-7/h3,5H,4H2,1-2H3,(H,11,12). The van der Waals surface area contributed by atoms with Gasteiger partial charge >= 0.3 is 0 Å². The van der Waals surface area contributed by atoms with Gasteiger partial charge in [-0.3, -0.25) is 5.10 Å². The van der Waals surface area contributed by atoms with Gasteiger partial charge in [0, 0.05) is 11.3 Å². The quantitative estimate of drug-likeness (QED) is 0.720. The van der Waals surface area contributed by atoms with E-state index >= 15 is 0 Å². The molecule has 62 valence electrons. The van der Waals surface area contributed by atoms with Crippen molar-refractivity contribution in [1.29, 1.82) is 5.26 Å². The first-order valence-corrected chi connectivity index (χ1v) is 3.80. The monoisotopic (exact) mass is 161 g/mol. The van der Waals surface area contributed by atoms with E-state index in [1.807, 2.05) is 26.0 Å². The molecule has 0 aromatic carbocycles. The van der Waals surface area contributed by atoms with Crippen LogP contribution in [0.15, 0.2) is 6.08 Å². The average molecular weight is 161 g/mol. The number of aromatic amines is 1. The molecule has 0 atom stereocenters. The van der Waals surface area contributed by atoms with Gasteiger partial charge < -0.3 is 0 Å². The molecule has 0 aliphatic heterocycles. The van der Waals surface area contributed by atoms with Crippen molar-refractivity contribution < 1.29 is 0 Å². The highest BCUT2D eigenvalue weighted by Crippen LogP contribution is 2.11. The molecule has 1 rings (SSSR count). The van der Waals surface area contributed by atoms with Crippen molar-refractivity contribution in [1.82, 2.24) is 10.2 Å². The number of hydrogen-bond donors (Lipinski definition) is 1. The van der Waals surface area contributed by atoms with E-state index in [1.54, 1.807) is 0 Å². The lowest BCUT2D eigenvalue weighted by Crippen LogP contribution is -1.76. The number of aryl methyl sites for hydroxylation is 2. The summed E-state index contributed by atoms with van der Waals surface area (Å²) in [7, 11) is 0. The minimum absolute atomic E-state index is 0.448. The highest BCUT2D eigenvalue weighted by Gasteiger charge is 2.00. The van der Waals surface area contributed by atoms with Crippen molar-refractivity contribution >= 4 is 6.08 Å². The zero-order valence-corrected chi connectivity index (χ0v) is 7.26. The molecule has 1 aromatic rings. The van der Waals surface area contributed by atoms with Gasteiger partial charge in [-0.1, -0.05) is 12.2 Å². The molecule has 0 radical (unpaired) electrons. The van der Waals surface area contributed by atoms with Crippen LogP contribution >= 0.6 is 0 Å². The van der Waals surface area contributed by atoms with Gasteiger partial charge in [-0.15, -0.1) is 0 Å². The third kappa shape index (κ3) is 1.73. The average Bonchev–Trinajstić information content (AvgIpc) is 2.35. The Morgan fingerprint density at radius 2 is 2.33 bits per heavy atom. The summed E-state index contributed by atoms with van der Waals surface area (Å²) in [6, 6.07) is 2.05. The van der Waals surface area contributed by atoms with E-state index in [-0.39, 0.29) is 0 Å². The third-order valence-corrected chi connectivity index (χ3v) is 1.68. The molecule has 0 aliphatic carbocycles. The van der Waals surface area contributed by atoms with Gasteiger partial charge in [-0.2, -0.15) is 10.4 Å². The number of nitrogens with one attached hydrogen (secondary N) is 1. The van der Waals surface area contributed by atoms with Crippen LogP contribution in [0.3, 0.4) is 0 Å². The number of nitriles is 1. The van der Waals surface area contributed by atoms with Crippen LogP contribution in [0.2, 0.25) is 0 Å². The van der Waals surface area contributed by atoms with E-state index in [4.69, 9.17) is 5.26 Å². The minimum atomic E-state index is 0.448. The predicted molar refractivity (Wildman–Crippen MR) is 47.3 cm³/mol. The molecular weight excluding hydrogens is 150 g/mol. The predicted octanol–water partition coefficient (Wildman–Crippen LogP) is 1.95. The van der Waals surface area contributed by atoms with Crippen molar-refractivity contribution in [2.24, 2.45) is 0 Å². The summed E-state index contributed by atoms with van der Waals surface area (Å²) < 4.78 is 0. The Kier molecular flexibility index (Phi) is 2.65. The smallest absolute Gasteiger partial charge is 0.0666 e. The van der Waals surface area contributed by atoms with Crippen molar-refractivity contribution in [3.8, 4) is 6.07 Å². The summed E-state index contributed by atoms with van der Waals surface area (Å²) >= 11 is 0. The van der Waals surface area contributed by atoms with Gasteiger partial charge in [0.15, 0.2) is 0 Å². The van der Waals surface area contributed by atoms with Gasteiger partial charge in [0.25, 0.3) is 0 Å². The first-order chi connectivity index (χ1) is 5.75. The second-order valence-corrected chi connectivity index (χ2v) is 2.61. The number of aromatic nitrogens is 2. The maximum atomic E-state index is 8.31. The number of allylic oxidation sites excluding steroid dienone is 1. The SMILES string of the molecule is Cc1n[nH]c(C)c1C=CCC#N. The molecule has 3 heteroatoms. The molecule has 1 heterocycles. The lowest BCUT2D eigenvalue weighted by Gasteiger charge is -1.89. The number of H-pyrrole nitrogens is 1. The molecule has 3 nitrogen and oxygen atoms in total. The van der Waals surface area contributed by atoms with Crippen LogP contribution in [0.4, 0.5) is 0 Å². The zero-order chi connectivity index (χ0) is 8.97. The van der Waals surface area contributed by atoms with Crippen LogP contribution in [-0.2, 0) is 0 Å². The van der Waals surface area contributed by atoms with Gasteiger partial charge in [0.1, 0.15) is 0 Å². The van der Waals surface area contributed by atoms with E-state index in [1.165, 1.54) is 0 Å². The van der Waals surface area contributed by atoms with Crippen molar-refractivity contribution in [2.45, 2.75) is 20.3 Å². The van der Waals surface area contributed by atoms with E-state index in [2.05, 4.69) is 16.3 Å². The van der Waals surface area contributed by atoms with Crippen LogP contribution in [0.25, 0.3) is 6.08 Å². The second kappa shape index (κ2) is 3.72. The van der Waals surface area contributed by atoms with Gasteiger partial charge in [0.05, 0.1) is 18.2 Å². The number of nitrogens with zero attached hydrogens (tertiary/aromatic N) is 2. The molecule has 0 bridgehead atoms. The molecule has 0 amide bonds. The highest BCUT2D eigenvalue weighted by molar-refractivity contribution is 5.54. The van der Waals surface area contributed by atoms with Gasteiger partial charge in [-0.25, -0.2) is 0 Å². The Balaban J connectivity index is 2.82. The van der Waals surface area contributed by atoms with Crippen LogP contribution in [-0.4, -0.2) is 10.2 Å². The summed E-state index contributed by atoms with van der Waals surface area (Å²) in [5.74, 6) is 0. The van der Waals surface area contributed by atoms with E-state index < -0.39 is 0 Å². The molecule has 0 aliphatic rings. The first kappa shape index (κ1) is 8.54. The molecule has 0 spiro atoms. The molecule has 12 heavy (non-hydrogen) atoms. The topological polar surface area (TPSA) is 52.5 Å². The largest absolute Gasteiger partial charge is 0.282 e. The molecule has 0 saturated carbocycles. The van der Waals surface area contributed by atoms with E-state index in [0.29, 0.717) is 6.42 Å². The molecule has 0 saturated heterocycles. The fraction of sp³-hybridized carbons (Fsp3) is 0.333.